The molecule has 0 N–H and O–H groups in total. The zero-order chi connectivity index (χ0) is 11.4. The van der Waals surface area contributed by atoms with Gasteiger partial charge in [0.1, 0.15) is 0 Å². The van der Waals surface area contributed by atoms with Gasteiger partial charge in [0.25, 0.3) is 5.92 Å². The first-order valence-electron chi connectivity index (χ1n) is 5.07. The molecule has 1 saturated heterocycles. The minimum atomic E-state index is -2.70. The first kappa shape index (κ1) is 13.3. The number of halogens is 2. The third-order valence-corrected chi connectivity index (χ3v) is 2.40. The zero-order valence-corrected chi connectivity index (χ0v) is 9.31. The van der Waals surface area contributed by atoms with Gasteiger partial charge >= 0.3 is 0 Å². The lowest BCUT2D eigenvalue weighted by Crippen LogP contribution is -2.49. The summed E-state index contributed by atoms with van der Waals surface area (Å²) in [6.45, 7) is 6.90. The molecule has 1 aliphatic heterocycles. The molecular formula is C10H19F2NO. The number of nitrogens with zero attached hydrogens (tertiary/aromatic N) is 1. The average molecular weight is 207 g/mol. The summed E-state index contributed by atoms with van der Waals surface area (Å²) in [5.74, 6) is -3.57. The number of alkyl halides is 2. The van der Waals surface area contributed by atoms with E-state index in [1.54, 1.807) is 0 Å². The Kier molecular flexibility index (Phi) is 5.02. The van der Waals surface area contributed by atoms with Gasteiger partial charge in [-0.3, -0.25) is 4.79 Å². The molecule has 1 unspecified atom stereocenters. The van der Waals surface area contributed by atoms with E-state index in [9.17, 15) is 13.6 Å². The maximum absolute atomic E-state index is 13.0. The van der Waals surface area contributed by atoms with Crippen LogP contribution in [0.25, 0.3) is 0 Å². The molecule has 4 heteroatoms. The fourth-order valence-electron chi connectivity index (χ4n) is 1.32. The molecule has 14 heavy (non-hydrogen) atoms. The molecular weight excluding hydrogens is 188 g/mol. The standard InChI is InChI=1S/C8H13F2NO.C2H6/c1-6-3-4-11(7(2)12)5-8(6,9)10;1-2/h6H,3-5H2,1-2H3;1-2H3. The monoisotopic (exact) mass is 207 g/mol. The van der Waals surface area contributed by atoms with Gasteiger partial charge in [0, 0.05) is 19.4 Å². The number of rotatable bonds is 0. The Bertz CT molecular complexity index is 195. The Labute approximate surface area is 84.3 Å². The van der Waals surface area contributed by atoms with Crippen LogP contribution in [0.3, 0.4) is 0 Å². The molecule has 0 aliphatic carbocycles. The molecule has 0 aromatic heterocycles. The van der Waals surface area contributed by atoms with Crippen molar-refractivity contribution in [2.24, 2.45) is 5.92 Å². The lowest BCUT2D eigenvalue weighted by atomic mass is 9.95. The van der Waals surface area contributed by atoms with Gasteiger partial charge in [-0.05, 0) is 6.42 Å². The van der Waals surface area contributed by atoms with Gasteiger partial charge in [-0.1, -0.05) is 20.8 Å². The molecule has 2 nitrogen and oxygen atoms in total. The van der Waals surface area contributed by atoms with Crippen LogP contribution in [0.4, 0.5) is 8.78 Å². The minimum absolute atomic E-state index is 0.262. The first-order chi connectivity index (χ1) is 6.43. The molecule has 0 aromatic rings. The van der Waals surface area contributed by atoms with Crippen LogP contribution in [0, 0.1) is 5.92 Å². The molecule has 84 valence electrons. The molecule has 0 bridgehead atoms. The predicted octanol–water partition coefficient (Wildman–Crippen LogP) is 2.54. The van der Waals surface area contributed by atoms with Crippen LogP contribution in [0.1, 0.15) is 34.1 Å². The van der Waals surface area contributed by atoms with Crippen LogP contribution >= 0.6 is 0 Å². The molecule has 1 aliphatic rings. The maximum Gasteiger partial charge on any atom is 0.267 e. The fourth-order valence-corrected chi connectivity index (χ4v) is 1.32. The van der Waals surface area contributed by atoms with E-state index in [1.807, 2.05) is 13.8 Å². The number of piperidine rings is 1. The lowest BCUT2D eigenvalue weighted by molar-refractivity contribution is -0.146. The zero-order valence-electron chi connectivity index (χ0n) is 9.31. The number of carbonyl (C=O) groups is 1. The van der Waals surface area contributed by atoms with Crippen LogP contribution in [0.2, 0.25) is 0 Å². The largest absolute Gasteiger partial charge is 0.337 e. The molecule has 0 aromatic carbocycles. The molecule has 0 radical (unpaired) electrons. The summed E-state index contributed by atoms with van der Waals surface area (Å²) in [6.07, 6.45) is 0.395. The maximum atomic E-state index is 13.0. The van der Waals surface area contributed by atoms with Gasteiger partial charge in [0.15, 0.2) is 0 Å². The lowest BCUT2D eigenvalue weighted by Gasteiger charge is -2.36. The van der Waals surface area contributed by atoms with E-state index < -0.39 is 18.4 Å². The highest BCUT2D eigenvalue weighted by Gasteiger charge is 2.42. The Balaban J connectivity index is 0.000000791. The van der Waals surface area contributed by atoms with Crippen molar-refractivity contribution < 1.29 is 13.6 Å². The van der Waals surface area contributed by atoms with Gasteiger partial charge in [-0.25, -0.2) is 8.78 Å². The van der Waals surface area contributed by atoms with Crippen LogP contribution in [-0.2, 0) is 4.79 Å². The van der Waals surface area contributed by atoms with Gasteiger partial charge < -0.3 is 4.90 Å². The molecule has 0 saturated carbocycles. The van der Waals surface area contributed by atoms with E-state index in [2.05, 4.69) is 0 Å². The second-order valence-corrected chi connectivity index (χ2v) is 3.39. The van der Waals surface area contributed by atoms with Crippen molar-refractivity contribution in [2.45, 2.75) is 40.0 Å². The molecule has 1 atom stereocenters. The van der Waals surface area contributed by atoms with Crippen molar-refractivity contribution >= 4 is 5.91 Å². The summed E-state index contributed by atoms with van der Waals surface area (Å²) >= 11 is 0. The van der Waals surface area contributed by atoms with Crippen LogP contribution in [-0.4, -0.2) is 29.8 Å². The van der Waals surface area contributed by atoms with E-state index in [0.29, 0.717) is 13.0 Å². The van der Waals surface area contributed by atoms with Crippen molar-refractivity contribution in [3.8, 4) is 0 Å². The quantitative estimate of drug-likeness (QED) is 0.597. The van der Waals surface area contributed by atoms with Crippen LogP contribution in [0.15, 0.2) is 0 Å². The number of hydrogen-bond acceptors (Lipinski definition) is 1. The summed E-state index contributed by atoms with van der Waals surface area (Å²) in [7, 11) is 0. The Morgan fingerprint density at radius 1 is 1.43 bits per heavy atom. The van der Waals surface area contributed by atoms with Gasteiger partial charge in [-0.15, -0.1) is 0 Å². The third-order valence-electron chi connectivity index (χ3n) is 2.40. The molecule has 1 rings (SSSR count). The van der Waals surface area contributed by atoms with Crippen molar-refractivity contribution in [3.05, 3.63) is 0 Å². The average Bonchev–Trinajstić information content (AvgIpc) is 2.13. The Morgan fingerprint density at radius 3 is 2.29 bits per heavy atom. The summed E-state index contributed by atoms with van der Waals surface area (Å²) in [5.41, 5.74) is 0. The second kappa shape index (κ2) is 5.27. The van der Waals surface area contributed by atoms with E-state index in [1.165, 1.54) is 18.7 Å². The first-order valence-corrected chi connectivity index (χ1v) is 5.07. The third kappa shape index (κ3) is 3.24. The summed E-state index contributed by atoms with van der Waals surface area (Å²) in [4.78, 5) is 12.0. The topological polar surface area (TPSA) is 20.3 Å². The fraction of sp³-hybridized carbons (Fsp3) is 0.900. The highest BCUT2D eigenvalue weighted by atomic mass is 19.3. The van der Waals surface area contributed by atoms with Gasteiger partial charge in [0.05, 0.1) is 6.54 Å². The smallest absolute Gasteiger partial charge is 0.267 e. The predicted molar refractivity (Wildman–Crippen MR) is 52.3 cm³/mol. The van der Waals surface area contributed by atoms with Crippen molar-refractivity contribution in [1.29, 1.82) is 0 Å². The number of carbonyl (C=O) groups excluding carboxylic acids is 1. The Morgan fingerprint density at radius 2 is 1.93 bits per heavy atom. The van der Waals surface area contributed by atoms with Crippen LogP contribution < -0.4 is 0 Å². The van der Waals surface area contributed by atoms with E-state index >= 15 is 0 Å². The Hall–Kier alpha value is -0.670. The van der Waals surface area contributed by atoms with Gasteiger partial charge in [-0.2, -0.15) is 0 Å². The number of hydrogen-bond donors (Lipinski definition) is 0. The summed E-state index contributed by atoms with van der Waals surface area (Å²) in [5, 5.41) is 0. The number of amides is 1. The normalized spacial score (nSPS) is 25.0. The van der Waals surface area contributed by atoms with E-state index in [0.717, 1.165) is 0 Å². The van der Waals surface area contributed by atoms with Gasteiger partial charge in [0.2, 0.25) is 5.91 Å². The van der Waals surface area contributed by atoms with Crippen molar-refractivity contribution in [3.63, 3.8) is 0 Å². The SMILES string of the molecule is CC.CC(=O)N1CCC(C)C(F)(F)C1. The minimum Gasteiger partial charge on any atom is -0.337 e. The molecule has 1 heterocycles. The summed E-state index contributed by atoms with van der Waals surface area (Å²) < 4.78 is 26.0. The summed E-state index contributed by atoms with van der Waals surface area (Å²) in [6, 6.07) is 0. The highest BCUT2D eigenvalue weighted by Crippen LogP contribution is 2.32. The number of likely N-dealkylation sites (tertiary alicyclic amines) is 1. The van der Waals surface area contributed by atoms with Crippen LogP contribution in [0.5, 0.6) is 0 Å². The molecule has 0 spiro atoms. The van der Waals surface area contributed by atoms with Crippen molar-refractivity contribution in [2.75, 3.05) is 13.1 Å². The van der Waals surface area contributed by atoms with E-state index in [-0.39, 0.29) is 5.91 Å². The molecule has 1 fully saturated rings. The van der Waals surface area contributed by atoms with E-state index in [4.69, 9.17) is 0 Å². The highest BCUT2D eigenvalue weighted by molar-refractivity contribution is 5.73. The second-order valence-electron chi connectivity index (χ2n) is 3.39. The molecule has 1 amide bonds. The van der Waals surface area contributed by atoms with Crippen molar-refractivity contribution in [1.82, 2.24) is 4.90 Å².